The Balaban J connectivity index is 2.06. The molecule has 0 radical (unpaired) electrons. The third-order valence-corrected chi connectivity index (χ3v) is 4.60. The number of carbonyl (C=O) groups is 2. The summed E-state index contributed by atoms with van der Waals surface area (Å²) in [5.74, 6) is 2.14. The van der Waals surface area contributed by atoms with Gasteiger partial charge in [0, 0.05) is 32.6 Å². The number of hydrogen-bond donors (Lipinski definition) is 1. The molecule has 1 saturated heterocycles. The fourth-order valence-corrected chi connectivity index (χ4v) is 3.38. The molecule has 1 fully saturated rings. The smallest absolute Gasteiger partial charge is 0.256 e. The van der Waals surface area contributed by atoms with Crippen molar-refractivity contribution in [2.75, 3.05) is 37.2 Å². The van der Waals surface area contributed by atoms with Gasteiger partial charge in [0.1, 0.15) is 11.9 Å². The number of nitrogens with zero attached hydrogens (tertiary/aromatic N) is 3. The maximum Gasteiger partial charge on any atom is 0.256 e. The summed E-state index contributed by atoms with van der Waals surface area (Å²) >= 11 is 1.60. The normalized spacial score (nSPS) is 17.4. The highest BCUT2D eigenvalue weighted by Crippen LogP contribution is 2.23. The lowest BCUT2D eigenvalue weighted by Crippen LogP contribution is -2.48. The van der Waals surface area contributed by atoms with Crippen molar-refractivity contribution >= 4 is 29.4 Å². The van der Waals surface area contributed by atoms with Crippen molar-refractivity contribution in [3.63, 3.8) is 0 Å². The van der Waals surface area contributed by atoms with Crippen molar-refractivity contribution in [3.05, 3.63) is 23.9 Å². The van der Waals surface area contributed by atoms with E-state index >= 15 is 0 Å². The molecule has 0 aliphatic carbocycles. The molecule has 2 heterocycles. The van der Waals surface area contributed by atoms with Crippen LogP contribution in [0.2, 0.25) is 0 Å². The Bertz CT molecular complexity index is 560. The van der Waals surface area contributed by atoms with Crippen LogP contribution in [0.4, 0.5) is 5.82 Å². The van der Waals surface area contributed by atoms with Gasteiger partial charge in [-0.1, -0.05) is 13.8 Å². The van der Waals surface area contributed by atoms with Gasteiger partial charge in [0.25, 0.3) is 5.91 Å². The molecule has 1 unspecified atom stereocenters. The van der Waals surface area contributed by atoms with Crippen molar-refractivity contribution in [2.45, 2.75) is 19.9 Å². The van der Waals surface area contributed by atoms with Gasteiger partial charge in [0.05, 0.1) is 11.4 Å². The van der Waals surface area contributed by atoms with E-state index in [1.807, 2.05) is 38.9 Å². The van der Waals surface area contributed by atoms with Gasteiger partial charge in [-0.05, 0) is 18.1 Å². The molecule has 1 aliphatic heterocycles. The number of rotatable bonds is 5. The van der Waals surface area contributed by atoms with Gasteiger partial charge in [-0.15, -0.1) is 11.8 Å². The predicted octanol–water partition coefficient (Wildman–Crippen LogP) is 1.43. The number of pyridine rings is 1. The van der Waals surface area contributed by atoms with Crippen LogP contribution in [0, 0.1) is 5.92 Å². The lowest BCUT2D eigenvalue weighted by Gasteiger charge is -2.23. The van der Waals surface area contributed by atoms with Gasteiger partial charge >= 0.3 is 0 Å². The molecule has 126 valence electrons. The molecule has 0 aromatic carbocycles. The third kappa shape index (κ3) is 4.37. The van der Waals surface area contributed by atoms with Crippen LogP contribution in [0.3, 0.4) is 0 Å². The van der Waals surface area contributed by atoms with E-state index in [-0.39, 0.29) is 11.8 Å². The monoisotopic (exact) mass is 336 g/mol. The minimum atomic E-state index is -0.403. The molecule has 1 aliphatic rings. The zero-order valence-electron chi connectivity index (χ0n) is 14.1. The van der Waals surface area contributed by atoms with E-state index in [0.29, 0.717) is 29.7 Å². The Morgan fingerprint density at radius 1 is 1.43 bits per heavy atom. The van der Waals surface area contributed by atoms with Gasteiger partial charge in [0.15, 0.2) is 0 Å². The molecule has 2 amide bonds. The Kier molecular flexibility index (Phi) is 5.87. The van der Waals surface area contributed by atoms with E-state index in [1.54, 1.807) is 28.9 Å². The standard InChI is InChI=1S/C16H24N4O2S/c1-11(2)7-18-15(21)13-9-23-10-20(13)16(22)12-5-6-14(17-8-12)19(3)4/h5-6,8,11,13H,7,9-10H2,1-4H3,(H,18,21). The summed E-state index contributed by atoms with van der Waals surface area (Å²) in [6.07, 6.45) is 1.57. The second-order valence-corrected chi connectivity index (χ2v) is 7.23. The van der Waals surface area contributed by atoms with Gasteiger partial charge in [-0.25, -0.2) is 4.98 Å². The van der Waals surface area contributed by atoms with Crippen LogP contribution >= 0.6 is 11.8 Å². The first-order valence-electron chi connectivity index (χ1n) is 7.70. The Morgan fingerprint density at radius 2 is 2.17 bits per heavy atom. The summed E-state index contributed by atoms with van der Waals surface area (Å²) in [6.45, 7) is 4.72. The van der Waals surface area contributed by atoms with Crippen molar-refractivity contribution in [1.82, 2.24) is 15.2 Å². The van der Waals surface area contributed by atoms with Gasteiger partial charge in [0.2, 0.25) is 5.91 Å². The average molecular weight is 336 g/mol. The Hall–Kier alpha value is -1.76. The zero-order chi connectivity index (χ0) is 17.0. The summed E-state index contributed by atoms with van der Waals surface area (Å²) in [4.78, 5) is 32.7. The average Bonchev–Trinajstić information content (AvgIpc) is 3.01. The largest absolute Gasteiger partial charge is 0.363 e. The molecule has 2 rings (SSSR count). The lowest BCUT2D eigenvalue weighted by molar-refractivity contribution is -0.124. The minimum Gasteiger partial charge on any atom is -0.363 e. The van der Waals surface area contributed by atoms with Gasteiger partial charge in [-0.2, -0.15) is 0 Å². The molecule has 6 nitrogen and oxygen atoms in total. The van der Waals surface area contributed by atoms with Crippen LogP contribution in [0.25, 0.3) is 0 Å². The fourth-order valence-electron chi connectivity index (χ4n) is 2.23. The third-order valence-electron chi connectivity index (χ3n) is 3.58. The predicted molar refractivity (Wildman–Crippen MR) is 93.7 cm³/mol. The summed E-state index contributed by atoms with van der Waals surface area (Å²) in [6, 6.07) is 3.17. The molecular weight excluding hydrogens is 312 g/mol. The van der Waals surface area contributed by atoms with Crippen molar-refractivity contribution in [3.8, 4) is 0 Å². The maximum absolute atomic E-state index is 12.7. The molecule has 1 atom stereocenters. The van der Waals surface area contributed by atoms with Gasteiger partial charge in [-0.3, -0.25) is 9.59 Å². The van der Waals surface area contributed by atoms with Crippen molar-refractivity contribution < 1.29 is 9.59 Å². The fraction of sp³-hybridized carbons (Fsp3) is 0.562. The quantitative estimate of drug-likeness (QED) is 0.881. The van der Waals surface area contributed by atoms with Crippen LogP contribution in [0.5, 0.6) is 0 Å². The zero-order valence-corrected chi connectivity index (χ0v) is 14.9. The van der Waals surface area contributed by atoms with Crippen LogP contribution in [-0.2, 0) is 4.79 Å². The topological polar surface area (TPSA) is 65.5 Å². The van der Waals surface area contributed by atoms with Crippen LogP contribution in [0.15, 0.2) is 18.3 Å². The number of nitrogens with one attached hydrogen (secondary N) is 1. The summed E-state index contributed by atoms with van der Waals surface area (Å²) in [7, 11) is 3.80. The molecule has 1 aromatic rings. The van der Waals surface area contributed by atoms with E-state index in [1.165, 1.54) is 0 Å². The van der Waals surface area contributed by atoms with Crippen LogP contribution in [0.1, 0.15) is 24.2 Å². The maximum atomic E-state index is 12.7. The number of carbonyl (C=O) groups excluding carboxylic acids is 2. The first kappa shape index (κ1) is 17.6. The van der Waals surface area contributed by atoms with Crippen LogP contribution in [-0.4, -0.2) is 60.0 Å². The molecular formula is C16H24N4O2S. The lowest BCUT2D eigenvalue weighted by atomic mass is 10.2. The summed E-state index contributed by atoms with van der Waals surface area (Å²) < 4.78 is 0. The Labute approximate surface area is 141 Å². The SMILES string of the molecule is CC(C)CNC(=O)C1CSCN1C(=O)c1ccc(N(C)C)nc1. The van der Waals surface area contributed by atoms with Crippen LogP contribution < -0.4 is 10.2 Å². The number of amides is 2. The van der Waals surface area contributed by atoms with Crippen molar-refractivity contribution in [2.24, 2.45) is 5.92 Å². The Morgan fingerprint density at radius 3 is 2.74 bits per heavy atom. The first-order chi connectivity index (χ1) is 10.9. The van der Waals surface area contributed by atoms with E-state index in [0.717, 1.165) is 5.82 Å². The molecule has 0 bridgehead atoms. The summed E-state index contributed by atoms with van der Waals surface area (Å²) in [5.41, 5.74) is 0.514. The molecule has 1 N–H and O–H groups in total. The highest BCUT2D eigenvalue weighted by atomic mass is 32.2. The van der Waals surface area contributed by atoms with E-state index < -0.39 is 6.04 Å². The number of anilines is 1. The molecule has 23 heavy (non-hydrogen) atoms. The number of hydrogen-bond acceptors (Lipinski definition) is 5. The first-order valence-corrected chi connectivity index (χ1v) is 8.85. The van der Waals surface area contributed by atoms with E-state index in [4.69, 9.17) is 0 Å². The molecule has 1 aromatic heterocycles. The second-order valence-electron chi connectivity index (χ2n) is 6.23. The van der Waals surface area contributed by atoms with Gasteiger partial charge < -0.3 is 15.1 Å². The van der Waals surface area contributed by atoms with E-state index in [2.05, 4.69) is 10.3 Å². The molecule has 0 saturated carbocycles. The molecule has 0 spiro atoms. The molecule has 7 heteroatoms. The number of thioether (sulfide) groups is 1. The summed E-state index contributed by atoms with van der Waals surface area (Å²) in [5, 5.41) is 2.92. The highest BCUT2D eigenvalue weighted by Gasteiger charge is 2.35. The van der Waals surface area contributed by atoms with Crippen molar-refractivity contribution in [1.29, 1.82) is 0 Å². The second kappa shape index (κ2) is 7.68. The van der Waals surface area contributed by atoms with E-state index in [9.17, 15) is 9.59 Å². The number of aromatic nitrogens is 1. The highest BCUT2D eigenvalue weighted by molar-refractivity contribution is 7.99. The minimum absolute atomic E-state index is 0.0741.